The highest BCUT2D eigenvalue weighted by Crippen LogP contribution is 2.62. The number of hydrogen-bond donors (Lipinski definition) is 1. The molecule has 0 saturated heterocycles. The molecule has 1 aromatic carbocycles. The monoisotopic (exact) mass is 307 g/mol. The first-order chi connectivity index (χ1) is 10.0. The van der Waals surface area contributed by atoms with Crippen molar-refractivity contribution in [1.29, 1.82) is 0 Å². The van der Waals surface area contributed by atoms with Gasteiger partial charge in [-0.05, 0) is 91.9 Å². The predicted molar refractivity (Wildman–Crippen MR) is 83.6 cm³/mol. The van der Waals surface area contributed by atoms with Crippen LogP contribution in [0.4, 0.5) is 4.39 Å². The molecule has 0 heterocycles. The lowest BCUT2D eigenvalue weighted by Gasteiger charge is -2.57. The Kier molecular flexibility index (Phi) is 3.31. The van der Waals surface area contributed by atoms with Crippen LogP contribution >= 0.6 is 11.6 Å². The Hall–Kier alpha value is -0.600. The number of benzene rings is 1. The summed E-state index contributed by atoms with van der Waals surface area (Å²) in [5.41, 5.74) is 7.63. The summed E-state index contributed by atoms with van der Waals surface area (Å²) in [6.45, 7) is 0. The van der Waals surface area contributed by atoms with Crippen LogP contribution in [0.3, 0.4) is 0 Å². The van der Waals surface area contributed by atoms with E-state index in [4.69, 9.17) is 17.3 Å². The minimum atomic E-state index is -0.240. The molecule has 4 aliphatic rings. The average Bonchev–Trinajstić information content (AvgIpc) is 2.39. The number of hydrogen-bond acceptors (Lipinski definition) is 1. The highest BCUT2D eigenvalue weighted by Gasteiger charge is 2.51. The fraction of sp³-hybridized carbons (Fsp3) is 0.667. The van der Waals surface area contributed by atoms with Gasteiger partial charge in [-0.2, -0.15) is 0 Å². The third-order valence-corrected chi connectivity index (χ3v) is 6.52. The maximum absolute atomic E-state index is 13.5. The zero-order valence-corrected chi connectivity index (χ0v) is 13.1. The Labute approximate surface area is 131 Å². The molecular formula is C18H23ClFN. The van der Waals surface area contributed by atoms with Crippen LogP contribution in [0.1, 0.15) is 56.6 Å². The Balaban J connectivity index is 1.56. The van der Waals surface area contributed by atoms with Gasteiger partial charge < -0.3 is 5.73 Å². The molecule has 1 unspecified atom stereocenters. The van der Waals surface area contributed by atoms with Gasteiger partial charge in [0.15, 0.2) is 0 Å². The first kappa shape index (κ1) is 14.0. The lowest BCUT2D eigenvalue weighted by Crippen LogP contribution is -2.47. The van der Waals surface area contributed by atoms with Gasteiger partial charge in [0.2, 0.25) is 0 Å². The fourth-order valence-electron chi connectivity index (χ4n) is 5.92. The number of nitrogens with two attached hydrogens (primary N) is 1. The van der Waals surface area contributed by atoms with Crippen molar-refractivity contribution in [1.82, 2.24) is 0 Å². The third-order valence-electron chi connectivity index (χ3n) is 6.18. The molecule has 0 aliphatic heterocycles. The highest BCUT2D eigenvalue weighted by molar-refractivity contribution is 6.31. The van der Waals surface area contributed by atoms with E-state index in [1.54, 1.807) is 6.07 Å². The molecule has 1 aromatic rings. The van der Waals surface area contributed by atoms with E-state index in [1.807, 2.05) is 0 Å². The van der Waals surface area contributed by atoms with Crippen LogP contribution in [0.15, 0.2) is 18.2 Å². The molecule has 2 N–H and O–H groups in total. The van der Waals surface area contributed by atoms with Crippen molar-refractivity contribution < 1.29 is 4.39 Å². The van der Waals surface area contributed by atoms with E-state index in [2.05, 4.69) is 0 Å². The highest BCUT2D eigenvalue weighted by atomic mass is 35.5. The fourth-order valence-corrected chi connectivity index (χ4v) is 6.17. The maximum atomic E-state index is 13.5. The summed E-state index contributed by atoms with van der Waals surface area (Å²) in [6, 6.07) is 4.42. The summed E-state index contributed by atoms with van der Waals surface area (Å²) in [4.78, 5) is 0. The third kappa shape index (κ3) is 2.51. The summed E-state index contributed by atoms with van der Waals surface area (Å²) in [5, 5.41) is 0.605. The molecule has 3 heteroatoms. The van der Waals surface area contributed by atoms with Crippen molar-refractivity contribution in [2.75, 3.05) is 0 Å². The second-order valence-electron chi connectivity index (χ2n) is 7.89. The van der Waals surface area contributed by atoms with Crippen molar-refractivity contribution in [3.8, 4) is 0 Å². The number of halogens is 2. The molecule has 1 atom stereocenters. The zero-order valence-electron chi connectivity index (χ0n) is 12.3. The lowest BCUT2D eigenvalue weighted by atomic mass is 9.48. The van der Waals surface area contributed by atoms with E-state index < -0.39 is 0 Å². The van der Waals surface area contributed by atoms with Crippen LogP contribution in [0.25, 0.3) is 0 Å². The van der Waals surface area contributed by atoms with Gasteiger partial charge in [0, 0.05) is 11.1 Å². The molecule has 21 heavy (non-hydrogen) atoms. The lowest BCUT2D eigenvalue weighted by molar-refractivity contribution is -0.0605. The Morgan fingerprint density at radius 1 is 1.14 bits per heavy atom. The first-order valence-electron chi connectivity index (χ1n) is 8.23. The van der Waals surface area contributed by atoms with E-state index in [0.717, 1.165) is 29.7 Å². The van der Waals surface area contributed by atoms with Gasteiger partial charge in [0.05, 0.1) is 0 Å². The van der Waals surface area contributed by atoms with Crippen molar-refractivity contribution >= 4 is 11.6 Å². The summed E-state index contributed by atoms with van der Waals surface area (Å²) in [5.74, 6) is 2.53. The van der Waals surface area contributed by atoms with Gasteiger partial charge in [0.1, 0.15) is 5.82 Å². The minimum Gasteiger partial charge on any atom is -0.324 e. The molecule has 4 saturated carbocycles. The van der Waals surface area contributed by atoms with E-state index >= 15 is 0 Å². The van der Waals surface area contributed by atoms with Crippen LogP contribution in [-0.2, 0) is 0 Å². The molecule has 5 rings (SSSR count). The second-order valence-corrected chi connectivity index (χ2v) is 8.30. The van der Waals surface area contributed by atoms with Crippen molar-refractivity contribution in [3.63, 3.8) is 0 Å². The quantitative estimate of drug-likeness (QED) is 0.827. The van der Waals surface area contributed by atoms with Crippen LogP contribution in [-0.4, -0.2) is 0 Å². The van der Waals surface area contributed by atoms with Crippen molar-refractivity contribution in [2.45, 2.75) is 51.0 Å². The smallest absolute Gasteiger partial charge is 0.123 e. The van der Waals surface area contributed by atoms with Crippen molar-refractivity contribution in [3.05, 3.63) is 34.6 Å². The topological polar surface area (TPSA) is 26.0 Å². The first-order valence-corrected chi connectivity index (χ1v) is 8.61. The summed E-state index contributed by atoms with van der Waals surface area (Å²) in [6.07, 6.45) is 9.29. The zero-order chi connectivity index (χ0) is 14.6. The molecule has 0 radical (unpaired) electrons. The Morgan fingerprint density at radius 3 is 2.29 bits per heavy atom. The molecule has 4 fully saturated rings. The van der Waals surface area contributed by atoms with Gasteiger partial charge in [-0.3, -0.25) is 0 Å². The summed E-state index contributed by atoms with van der Waals surface area (Å²) < 4.78 is 13.5. The standard InChI is InChI=1S/C18H23ClFN/c19-16-2-1-14(20)6-15(16)17(21)10-18-7-11-3-12(8-18)5-13(4-11)9-18/h1-2,6,11-13,17H,3-5,7-10,21H2. The molecule has 4 bridgehead atoms. The SMILES string of the molecule is NC(CC12CC3CC(CC(C3)C1)C2)c1cc(F)ccc1Cl. The van der Waals surface area contributed by atoms with Gasteiger partial charge >= 0.3 is 0 Å². The van der Waals surface area contributed by atoms with E-state index in [9.17, 15) is 4.39 Å². The number of rotatable bonds is 3. The molecule has 0 aromatic heterocycles. The Morgan fingerprint density at radius 2 is 1.71 bits per heavy atom. The van der Waals surface area contributed by atoms with Gasteiger partial charge in [-0.1, -0.05) is 11.6 Å². The van der Waals surface area contributed by atoms with Gasteiger partial charge in [-0.15, -0.1) is 0 Å². The largest absolute Gasteiger partial charge is 0.324 e. The van der Waals surface area contributed by atoms with E-state index in [1.165, 1.54) is 50.7 Å². The van der Waals surface area contributed by atoms with Crippen LogP contribution in [0.5, 0.6) is 0 Å². The minimum absolute atomic E-state index is 0.135. The molecule has 114 valence electrons. The van der Waals surface area contributed by atoms with Crippen LogP contribution in [0, 0.1) is 29.0 Å². The molecule has 0 amide bonds. The molecule has 1 nitrogen and oxygen atoms in total. The molecule has 0 spiro atoms. The predicted octanol–water partition coefficient (Wildman–Crippen LogP) is 5.09. The second kappa shape index (κ2) is 4.96. The molecular weight excluding hydrogens is 285 g/mol. The molecule has 4 aliphatic carbocycles. The summed E-state index contributed by atoms with van der Waals surface area (Å²) in [7, 11) is 0. The average molecular weight is 308 g/mol. The van der Waals surface area contributed by atoms with E-state index in [-0.39, 0.29) is 11.9 Å². The van der Waals surface area contributed by atoms with Gasteiger partial charge in [-0.25, -0.2) is 4.39 Å². The van der Waals surface area contributed by atoms with E-state index in [0.29, 0.717) is 10.4 Å². The van der Waals surface area contributed by atoms with Crippen molar-refractivity contribution in [2.24, 2.45) is 28.9 Å². The van der Waals surface area contributed by atoms with Crippen LogP contribution in [0.2, 0.25) is 5.02 Å². The van der Waals surface area contributed by atoms with Gasteiger partial charge in [0.25, 0.3) is 0 Å². The Bertz CT molecular complexity index is 521. The maximum Gasteiger partial charge on any atom is 0.123 e. The van der Waals surface area contributed by atoms with Crippen LogP contribution < -0.4 is 5.73 Å². The summed E-state index contributed by atoms with van der Waals surface area (Å²) >= 11 is 6.23. The normalized spacial score (nSPS) is 38.7.